The Morgan fingerprint density at radius 2 is 1.75 bits per heavy atom. The largest absolute Gasteiger partial charge is 0.455 e. The predicted molar refractivity (Wildman–Crippen MR) is 90.3 cm³/mol. The van der Waals surface area contributed by atoms with Gasteiger partial charge in [0.05, 0.1) is 6.42 Å². The van der Waals surface area contributed by atoms with Crippen LogP contribution in [0.15, 0.2) is 36.4 Å². The quantitative estimate of drug-likeness (QED) is 0.855. The lowest BCUT2D eigenvalue weighted by molar-refractivity contribution is -0.146. The van der Waals surface area contributed by atoms with Crippen molar-refractivity contribution in [2.45, 2.75) is 27.2 Å². The summed E-state index contributed by atoms with van der Waals surface area (Å²) >= 11 is 0. The van der Waals surface area contributed by atoms with Crippen molar-refractivity contribution in [3.63, 3.8) is 0 Å². The molecule has 0 saturated heterocycles. The highest BCUT2D eigenvalue weighted by atomic mass is 19.1. The zero-order chi connectivity index (χ0) is 17.7. The molecule has 0 aliphatic heterocycles. The van der Waals surface area contributed by atoms with Crippen molar-refractivity contribution in [3.8, 4) is 0 Å². The lowest BCUT2D eigenvalue weighted by atomic mass is 10.1. The first-order valence-electron chi connectivity index (χ1n) is 7.63. The number of benzene rings is 2. The summed E-state index contributed by atoms with van der Waals surface area (Å²) in [5.74, 6) is -1.39. The molecule has 0 aliphatic rings. The molecule has 5 heteroatoms. The summed E-state index contributed by atoms with van der Waals surface area (Å²) in [5.41, 5.74) is 4.25. The van der Waals surface area contributed by atoms with E-state index in [4.69, 9.17) is 4.74 Å². The molecule has 24 heavy (non-hydrogen) atoms. The van der Waals surface area contributed by atoms with Crippen molar-refractivity contribution in [2.24, 2.45) is 0 Å². The molecule has 0 radical (unpaired) electrons. The fourth-order valence-electron chi connectivity index (χ4n) is 2.56. The molecule has 0 bridgehead atoms. The molecule has 0 unspecified atom stereocenters. The number of aryl methyl sites for hydroxylation is 3. The van der Waals surface area contributed by atoms with Gasteiger partial charge < -0.3 is 10.1 Å². The molecule has 0 fully saturated rings. The van der Waals surface area contributed by atoms with Crippen molar-refractivity contribution in [1.29, 1.82) is 0 Å². The molecule has 0 spiro atoms. The van der Waals surface area contributed by atoms with E-state index in [2.05, 4.69) is 5.32 Å². The average Bonchev–Trinajstić information content (AvgIpc) is 2.49. The average molecular weight is 329 g/mol. The van der Waals surface area contributed by atoms with E-state index in [1.807, 2.05) is 32.9 Å². The molecule has 0 heterocycles. The maximum atomic E-state index is 13.1. The molecule has 0 atom stereocenters. The second kappa shape index (κ2) is 7.73. The molecule has 2 aromatic rings. The second-order valence-corrected chi connectivity index (χ2v) is 5.79. The smallest absolute Gasteiger partial charge is 0.310 e. The van der Waals surface area contributed by atoms with Crippen LogP contribution in [-0.4, -0.2) is 18.5 Å². The zero-order valence-electron chi connectivity index (χ0n) is 14.0. The third-order valence-electron chi connectivity index (χ3n) is 3.54. The minimum atomic E-state index is -0.576. The number of halogens is 1. The van der Waals surface area contributed by atoms with E-state index in [0.717, 1.165) is 22.4 Å². The van der Waals surface area contributed by atoms with Crippen molar-refractivity contribution >= 4 is 17.6 Å². The maximum absolute atomic E-state index is 13.1. The van der Waals surface area contributed by atoms with E-state index in [1.165, 1.54) is 18.2 Å². The van der Waals surface area contributed by atoms with Crippen LogP contribution in [0.25, 0.3) is 0 Å². The minimum absolute atomic E-state index is 0.0758. The summed E-state index contributed by atoms with van der Waals surface area (Å²) in [6, 6.07) is 9.66. The van der Waals surface area contributed by atoms with Crippen molar-refractivity contribution < 1.29 is 18.7 Å². The van der Waals surface area contributed by atoms with Crippen LogP contribution < -0.4 is 5.32 Å². The summed E-state index contributed by atoms with van der Waals surface area (Å²) in [4.78, 5) is 23.7. The fourth-order valence-corrected chi connectivity index (χ4v) is 2.56. The molecule has 0 aliphatic carbocycles. The Hall–Kier alpha value is -2.69. The van der Waals surface area contributed by atoms with Gasteiger partial charge in [0.25, 0.3) is 5.91 Å². The van der Waals surface area contributed by atoms with E-state index in [9.17, 15) is 14.0 Å². The molecule has 1 amide bonds. The summed E-state index contributed by atoms with van der Waals surface area (Å²) < 4.78 is 18.0. The predicted octanol–water partition coefficient (Wildman–Crippen LogP) is 3.48. The number of carbonyl (C=O) groups excluding carboxylic acids is 2. The minimum Gasteiger partial charge on any atom is -0.455 e. The third kappa shape index (κ3) is 4.91. The highest BCUT2D eigenvalue weighted by molar-refractivity contribution is 5.94. The lowest BCUT2D eigenvalue weighted by Crippen LogP contribution is -2.22. The Labute approximate surface area is 140 Å². The summed E-state index contributed by atoms with van der Waals surface area (Å²) in [7, 11) is 0. The molecule has 4 nitrogen and oxygen atoms in total. The van der Waals surface area contributed by atoms with Gasteiger partial charge in [-0.2, -0.15) is 0 Å². The Morgan fingerprint density at radius 3 is 2.38 bits per heavy atom. The molecular weight excluding hydrogens is 309 g/mol. The van der Waals surface area contributed by atoms with Crippen LogP contribution in [0.4, 0.5) is 10.1 Å². The molecule has 2 aromatic carbocycles. The van der Waals surface area contributed by atoms with Gasteiger partial charge in [-0.3, -0.25) is 9.59 Å². The molecule has 0 aromatic heterocycles. The Balaban J connectivity index is 1.88. The van der Waals surface area contributed by atoms with Crippen molar-refractivity contribution in [3.05, 3.63) is 64.5 Å². The summed E-state index contributed by atoms with van der Waals surface area (Å²) in [6.07, 6.45) is -0.0758. The van der Waals surface area contributed by atoms with E-state index in [-0.39, 0.29) is 13.0 Å². The lowest BCUT2D eigenvalue weighted by Gasteiger charge is -2.13. The number of rotatable bonds is 5. The fraction of sp³-hybridized carbons (Fsp3) is 0.263. The van der Waals surface area contributed by atoms with Gasteiger partial charge >= 0.3 is 5.97 Å². The number of hydrogen-bond donors (Lipinski definition) is 1. The Kier molecular flexibility index (Phi) is 5.68. The Morgan fingerprint density at radius 1 is 1.08 bits per heavy atom. The Bertz CT molecular complexity index is 748. The molecule has 2 rings (SSSR count). The normalized spacial score (nSPS) is 10.3. The van der Waals surface area contributed by atoms with Gasteiger partial charge in [0.1, 0.15) is 5.82 Å². The molecule has 0 saturated carbocycles. The van der Waals surface area contributed by atoms with Crippen LogP contribution in [-0.2, 0) is 20.7 Å². The van der Waals surface area contributed by atoms with Crippen molar-refractivity contribution in [2.75, 3.05) is 11.9 Å². The van der Waals surface area contributed by atoms with Gasteiger partial charge in [0.15, 0.2) is 6.61 Å². The topological polar surface area (TPSA) is 55.4 Å². The number of carbonyl (C=O) groups is 2. The van der Waals surface area contributed by atoms with Gasteiger partial charge in [-0.15, -0.1) is 0 Å². The molecular formula is C19H20FNO3. The van der Waals surface area contributed by atoms with Crippen LogP contribution in [0.3, 0.4) is 0 Å². The van der Waals surface area contributed by atoms with Crippen LogP contribution in [0.1, 0.15) is 22.3 Å². The number of nitrogens with one attached hydrogen (secondary N) is 1. The number of anilines is 1. The second-order valence-electron chi connectivity index (χ2n) is 5.79. The van der Waals surface area contributed by atoms with E-state index < -0.39 is 17.7 Å². The SMILES string of the molecule is Cc1cc(C)c(NC(=O)COC(=O)Cc2cccc(F)c2)c(C)c1. The highest BCUT2D eigenvalue weighted by Crippen LogP contribution is 2.21. The van der Waals surface area contributed by atoms with E-state index >= 15 is 0 Å². The van der Waals surface area contributed by atoms with Crippen LogP contribution >= 0.6 is 0 Å². The standard InChI is InChI=1S/C19H20FNO3/c1-12-7-13(2)19(14(3)8-12)21-17(22)11-24-18(23)10-15-5-4-6-16(20)9-15/h4-9H,10-11H2,1-3H3,(H,21,22). The number of amides is 1. The number of esters is 1. The van der Waals surface area contributed by atoms with Crippen molar-refractivity contribution in [1.82, 2.24) is 0 Å². The monoisotopic (exact) mass is 329 g/mol. The first kappa shape index (κ1) is 17.7. The van der Waals surface area contributed by atoms with Gasteiger partial charge in [0, 0.05) is 5.69 Å². The highest BCUT2D eigenvalue weighted by Gasteiger charge is 2.12. The number of hydrogen-bond acceptors (Lipinski definition) is 3. The summed E-state index contributed by atoms with van der Waals surface area (Å²) in [6.45, 7) is 5.43. The maximum Gasteiger partial charge on any atom is 0.310 e. The van der Waals surface area contributed by atoms with Crippen LogP contribution in [0, 0.1) is 26.6 Å². The third-order valence-corrected chi connectivity index (χ3v) is 3.54. The zero-order valence-corrected chi connectivity index (χ0v) is 14.0. The van der Waals surface area contributed by atoms with Gasteiger partial charge in [0.2, 0.25) is 0 Å². The van der Waals surface area contributed by atoms with Crippen LogP contribution in [0.5, 0.6) is 0 Å². The summed E-state index contributed by atoms with van der Waals surface area (Å²) in [5, 5.41) is 2.76. The van der Waals surface area contributed by atoms with E-state index in [1.54, 1.807) is 6.07 Å². The van der Waals surface area contributed by atoms with E-state index in [0.29, 0.717) is 5.56 Å². The van der Waals surface area contributed by atoms with Crippen LogP contribution in [0.2, 0.25) is 0 Å². The van der Waals surface area contributed by atoms with Gasteiger partial charge in [-0.1, -0.05) is 29.8 Å². The first-order valence-corrected chi connectivity index (χ1v) is 7.63. The molecule has 1 N–H and O–H groups in total. The number of ether oxygens (including phenoxy) is 1. The molecule has 126 valence electrons. The van der Waals surface area contributed by atoms with Gasteiger partial charge in [-0.25, -0.2) is 4.39 Å². The first-order chi connectivity index (χ1) is 11.3. The van der Waals surface area contributed by atoms with Gasteiger partial charge in [-0.05, 0) is 49.6 Å².